The van der Waals surface area contributed by atoms with E-state index in [1.165, 1.54) is 4.90 Å². The maximum atomic E-state index is 12.9. The van der Waals surface area contributed by atoms with Gasteiger partial charge in [-0.2, -0.15) is 0 Å². The SMILES string of the molecule is CC(C)CCN(CCC(C)C)C(=O)c1ccc(CN2C(=O)CNC2=O)cc1. The quantitative estimate of drug-likeness (QED) is 0.676. The Balaban J connectivity index is 2.04. The zero-order valence-electron chi connectivity index (χ0n) is 16.8. The van der Waals surface area contributed by atoms with Crippen molar-refractivity contribution in [1.82, 2.24) is 15.1 Å². The molecule has 0 aromatic heterocycles. The van der Waals surface area contributed by atoms with Crippen LogP contribution in [0.3, 0.4) is 0 Å². The molecule has 1 heterocycles. The average Bonchev–Trinajstić information content (AvgIpc) is 2.93. The van der Waals surface area contributed by atoms with Gasteiger partial charge in [0.25, 0.3) is 5.91 Å². The average molecular weight is 373 g/mol. The fraction of sp³-hybridized carbons (Fsp3) is 0.571. The van der Waals surface area contributed by atoms with E-state index in [0.29, 0.717) is 17.4 Å². The van der Waals surface area contributed by atoms with Gasteiger partial charge in [-0.15, -0.1) is 0 Å². The van der Waals surface area contributed by atoms with Crippen LogP contribution in [-0.4, -0.2) is 47.3 Å². The lowest BCUT2D eigenvalue weighted by Crippen LogP contribution is -2.34. The van der Waals surface area contributed by atoms with E-state index < -0.39 is 0 Å². The number of benzene rings is 1. The van der Waals surface area contributed by atoms with E-state index in [4.69, 9.17) is 0 Å². The van der Waals surface area contributed by atoms with Crippen molar-refractivity contribution in [3.63, 3.8) is 0 Å². The van der Waals surface area contributed by atoms with Crippen LogP contribution in [0.15, 0.2) is 24.3 Å². The molecule has 0 spiro atoms. The predicted molar refractivity (Wildman–Crippen MR) is 105 cm³/mol. The number of nitrogens with zero attached hydrogens (tertiary/aromatic N) is 2. The van der Waals surface area contributed by atoms with Crippen molar-refractivity contribution in [3.8, 4) is 0 Å². The standard InChI is InChI=1S/C21H31N3O3/c1-15(2)9-11-23(12-10-16(3)4)20(26)18-7-5-17(6-8-18)14-24-19(25)13-22-21(24)27/h5-8,15-16H,9-14H2,1-4H3,(H,22,27). The molecule has 1 fully saturated rings. The highest BCUT2D eigenvalue weighted by Gasteiger charge is 2.28. The van der Waals surface area contributed by atoms with Gasteiger partial charge in [0.1, 0.15) is 0 Å². The molecule has 4 amide bonds. The maximum absolute atomic E-state index is 12.9. The largest absolute Gasteiger partial charge is 0.339 e. The fourth-order valence-electron chi connectivity index (χ4n) is 2.88. The van der Waals surface area contributed by atoms with Crippen molar-refractivity contribution in [2.45, 2.75) is 47.1 Å². The van der Waals surface area contributed by atoms with Gasteiger partial charge in [0, 0.05) is 18.7 Å². The zero-order valence-corrected chi connectivity index (χ0v) is 16.8. The van der Waals surface area contributed by atoms with Crippen LogP contribution < -0.4 is 5.32 Å². The molecule has 148 valence electrons. The molecule has 2 rings (SSSR count). The Bertz CT molecular complexity index is 640. The molecule has 0 saturated carbocycles. The van der Waals surface area contributed by atoms with E-state index in [-0.39, 0.29) is 30.9 Å². The zero-order chi connectivity index (χ0) is 20.0. The van der Waals surface area contributed by atoms with Gasteiger partial charge in [-0.1, -0.05) is 39.8 Å². The van der Waals surface area contributed by atoms with Gasteiger partial charge < -0.3 is 10.2 Å². The Kier molecular flexibility index (Phi) is 7.39. The molecule has 1 aromatic carbocycles. The second-order valence-electron chi connectivity index (χ2n) is 7.99. The molecule has 6 heteroatoms. The summed E-state index contributed by atoms with van der Waals surface area (Å²) in [5.41, 5.74) is 1.47. The van der Waals surface area contributed by atoms with Gasteiger partial charge in [-0.25, -0.2) is 4.79 Å². The summed E-state index contributed by atoms with van der Waals surface area (Å²) in [5.74, 6) is 0.906. The van der Waals surface area contributed by atoms with Gasteiger partial charge in [-0.05, 0) is 42.4 Å². The highest BCUT2D eigenvalue weighted by molar-refractivity contribution is 6.01. The summed E-state index contributed by atoms with van der Waals surface area (Å²) in [7, 11) is 0. The van der Waals surface area contributed by atoms with Crippen LogP contribution in [0.4, 0.5) is 4.79 Å². The van der Waals surface area contributed by atoms with Gasteiger partial charge >= 0.3 is 6.03 Å². The number of imide groups is 1. The molecular weight excluding hydrogens is 342 g/mol. The predicted octanol–water partition coefficient (Wildman–Crippen LogP) is 3.27. The Morgan fingerprint density at radius 3 is 2.04 bits per heavy atom. The topological polar surface area (TPSA) is 69.7 Å². The molecule has 0 atom stereocenters. The number of nitrogens with one attached hydrogen (secondary N) is 1. The van der Waals surface area contributed by atoms with Crippen molar-refractivity contribution in [1.29, 1.82) is 0 Å². The van der Waals surface area contributed by atoms with Crippen LogP contribution in [0.25, 0.3) is 0 Å². The Morgan fingerprint density at radius 1 is 1.04 bits per heavy atom. The summed E-state index contributed by atoms with van der Waals surface area (Å²) >= 11 is 0. The van der Waals surface area contributed by atoms with Crippen LogP contribution in [0.2, 0.25) is 0 Å². The van der Waals surface area contributed by atoms with Crippen molar-refractivity contribution in [2.24, 2.45) is 11.8 Å². The minimum Gasteiger partial charge on any atom is -0.339 e. The molecule has 0 unspecified atom stereocenters. The third kappa shape index (κ3) is 6.08. The van der Waals surface area contributed by atoms with Gasteiger partial charge in [0.15, 0.2) is 0 Å². The molecular formula is C21H31N3O3. The second-order valence-corrected chi connectivity index (χ2v) is 7.99. The molecule has 27 heavy (non-hydrogen) atoms. The van der Waals surface area contributed by atoms with Crippen molar-refractivity contribution < 1.29 is 14.4 Å². The Labute approximate surface area is 161 Å². The third-order valence-electron chi connectivity index (χ3n) is 4.72. The van der Waals surface area contributed by atoms with E-state index >= 15 is 0 Å². The summed E-state index contributed by atoms with van der Waals surface area (Å²) < 4.78 is 0. The van der Waals surface area contributed by atoms with E-state index in [9.17, 15) is 14.4 Å². The first-order valence-corrected chi connectivity index (χ1v) is 9.74. The third-order valence-corrected chi connectivity index (χ3v) is 4.72. The van der Waals surface area contributed by atoms with Gasteiger partial charge in [0.05, 0.1) is 13.1 Å². The van der Waals surface area contributed by atoms with Crippen LogP contribution in [0.1, 0.15) is 56.5 Å². The molecule has 1 aromatic rings. The molecule has 1 N–H and O–H groups in total. The number of hydrogen-bond acceptors (Lipinski definition) is 3. The summed E-state index contributed by atoms with van der Waals surface area (Å²) in [5, 5.41) is 2.51. The van der Waals surface area contributed by atoms with Gasteiger partial charge in [-0.3, -0.25) is 14.5 Å². The van der Waals surface area contributed by atoms with Crippen LogP contribution in [-0.2, 0) is 11.3 Å². The molecule has 0 radical (unpaired) electrons. The van der Waals surface area contributed by atoms with Crippen molar-refractivity contribution in [3.05, 3.63) is 35.4 Å². The molecule has 1 aliphatic heterocycles. The second kappa shape index (κ2) is 9.53. The summed E-state index contributed by atoms with van der Waals surface area (Å²) in [6, 6.07) is 6.83. The van der Waals surface area contributed by atoms with Crippen molar-refractivity contribution >= 4 is 17.8 Å². The number of rotatable bonds is 9. The van der Waals surface area contributed by atoms with Gasteiger partial charge in [0.2, 0.25) is 5.91 Å². The number of hydrogen-bond donors (Lipinski definition) is 1. The Morgan fingerprint density at radius 2 is 1.59 bits per heavy atom. The first kappa shape index (κ1) is 20.9. The van der Waals surface area contributed by atoms with Crippen LogP contribution >= 0.6 is 0 Å². The van der Waals surface area contributed by atoms with E-state index in [1.54, 1.807) is 12.1 Å². The number of carbonyl (C=O) groups excluding carboxylic acids is 3. The molecule has 1 saturated heterocycles. The number of urea groups is 1. The monoisotopic (exact) mass is 373 g/mol. The first-order valence-electron chi connectivity index (χ1n) is 9.74. The molecule has 0 bridgehead atoms. The highest BCUT2D eigenvalue weighted by Crippen LogP contribution is 2.14. The molecule has 6 nitrogen and oxygen atoms in total. The lowest BCUT2D eigenvalue weighted by molar-refractivity contribution is -0.125. The number of carbonyl (C=O) groups is 3. The van der Waals surface area contributed by atoms with Crippen LogP contribution in [0.5, 0.6) is 0 Å². The van der Waals surface area contributed by atoms with E-state index in [0.717, 1.165) is 31.5 Å². The molecule has 0 aliphatic carbocycles. The summed E-state index contributed by atoms with van der Waals surface area (Å²) in [6.07, 6.45) is 1.96. The fourth-order valence-corrected chi connectivity index (χ4v) is 2.88. The normalized spacial score (nSPS) is 14.2. The van der Waals surface area contributed by atoms with Crippen molar-refractivity contribution in [2.75, 3.05) is 19.6 Å². The lowest BCUT2D eigenvalue weighted by Gasteiger charge is -2.25. The molecule has 1 aliphatic rings. The van der Waals surface area contributed by atoms with E-state index in [2.05, 4.69) is 33.0 Å². The Hall–Kier alpha value is -2.37. The minimum absolute atomic E-state index is 0.0397. The number of amides is 4. The smallest absolute Gasteiger partial charge is 0.324 e. The van der Waals surface area contributed by atoms with Crippen LogP contribution in [0, 0.1) is 11.8 Å². The maximum Gasteiger partial charge on any atom is 0.324 e. The highest BCUT2D eigenvalue weighted by atomic mass is 16.2. The minimum atomic E-state index is -0.367. The summed E-state index contributed by atoms with van der Waals surface area (Å²) in [6.45, 7) is 10.4. The lowest BCUT2D eigenvalue weighted by atomic mass is 10.1. The first-order chi connectivity index (χ1) is 12.8. The van der Waals surface area contributed by atoms with E-state index in [1.807, 2.05) is 17.0 Å². The summed E-state index contributed by atoms with van der Waals surface area (Å²) in [4.78, 5) is 39.4.